The van der Waals surface area contributed by atoms with Gasteiger partial charge in [-0.05, 0) is 30.7 Å². The average molecular weight is 278 g/mol. The van der Waals surface area contributed by atoms with Crippen LogP contribution in [0.4, 0.5) is 4.39 Å². The second-order valence-electron chi connectivity index (χ2n) is 4.41. The Bertz CT molecular complexity index is 519. The van der Waals surface area contributed by atoms with Crippen LogP contribution >= 0.6 is 11.3 Å². The molecule has 2 nitrogen and oxygen atoms in total. The molecule has 0 radical (unpaired) electrons. The summed E-state index contributed by atoms with van der Waals surface area (Å²) in [5.74, 6) is -0.190. The summed E-state index contributed by atoms with van der Waals surface area (Å²) in [6, 6.07) is 6.66. The zero-order valence-electron chi connectivity index (χ0n) is 11.4. The zero-order chi connectivity index (χ0) is 13.7. The van der Waals surface area contributed by atoms with E-state index in [0.29, 0.717) is 0 Å². The molecular weight excluding hydrogens is 259 g/mol. The van der Waals surface area contributed by atoms with Gasteiger partial charge in [-0.1, -0.05) is 26.0 Å². The van der Waals surface area contributed by atoms with Crippen molar-refractivity contribution in [1.29, 1.82) is 0 Å². The Hall–Kier alpha value is -1.26. The second kappa shape index (κ2) is 6.78. The number of nitrogens with one attached hydrogen (secondary N) is 1. The van der Waals surface area contributed by atoms with Crippen molar-refractivity contribution >= 4 is 11.3 Å². The summed E-state index contributed by atoms with van der Waals surface area (Å²) in [7, 11) is 0. The van der Waals surface area contributed by atoms with Gasteiger partial charge >= 0.3 is 0 Å². The van der Waals surface area contributed by atoms with Crippen LogP contribution in [0.1, 0.15) is 35.0 Å². The van der Waals surface area contributed by atoms with Gasteiger partial charge in [-0.15, -0.1) is 11.3 Å². The van der Waals surface area contributed by atoms with Gasteiger partial charge in [0.25, 0.3) is 0 Å². The van der Waals surface area contributed by atoms with E-state index in [0.717, 1.165) is 36.5 Å². The van der Waals surface area contributed by atoms with Gasteiger partial charge < -0.3 is 5.32 Å². The van der Waals surface area contributed by atoms with Crippen LogP contribution in [0.3, 0.4) is 0 Å². The lowest BCUT2D eigenvalue weighted by atomic mass is 10.1. The Kier molecular flexibility index (Phi) is 5.05. The van der Waals surface area contributed by atoms with Gasteiger partial charge in [0.15, 0.2) is 0 Å². The predicted octanol–water partition coefficient (Wildman–Crippen LogP) is 3.54. The fourth-order valence-electron chi connectivity index (χ4n) is 1.94. The van der Waals surface area contributed by atoms with Gasteiger partial charge in [0.1, 0.15) is 5.82 Å². The monoisotopic (exact) mass is 278 g/mol. The normalized spacial score (nSPS) is 10.9. The molecule has 2 aromatic rings. The number of hydrogen-bond acceptors (Lipinski definition) is 3. The minimum atomic E-state index is -0.190. The molecule has 1 N–H and O–H groups in total. The molecule has 0 bridgehead atoms. The van der Waals surface area contributed by atoms with E-state index in [9.17, 15) is 4.39 Å². The maximum Gasteiger partial charge on any atom is 0.123 e. The third-order valence-corrected chi connectivity index (χ3v) is 4.06. The van der Waals surface area contributed by atoms with Crippen molar-refractivity contribution in [3.8, 4) is 0 Å². The highest BCUT2D eigenvalue weighted by molar-refractivity contribution is 7.11. The molecule has 1 aromatic heterocycles. The summed E-state index contributed by atoms with van der Waals surface area (Å²) in [6.07, 6.45) is 1.74. The smallest absolute Gasteiger partial charge is 0.123 e. The van der Waals surface area contributed by atoms with Crippen LogP contribution < -0.4 is 5.32 Å². The molecule has 0 atom stereocenters. The average Bonchev–Trinajstić information content (AvgIpc) is 2.81. The molecule has 0 saturated heterocycles. The van der Waals surface area contributed by atoms with E-state index >= 15 is 0 Å². The van der Waals surface area contributed by atoms with E-state index in [1.807, 2.05) is 12.1 Å². The van der Waals surface area contributed by atoms with Crippen LogP contribution in [0.25, 0.3) is 0 Å². The summed E-state index contributed by atoms with van der Waals surface area (Å²) in [5.41, 5.74) is 2.29. The number of rotatable bonds is 6. The number of thiazole rings is 1. The minimum Gasteiger partial charge on any atom is -0.312 e. The number of halogens is 1. The molecule has 0 aliphatic rings. The quantitative estimate of drug-likeness (QED) is 0.874. The minimum absolute atomic E-state index is 0.190. The van der Waals surface area contributed by atoms with Gasteiger partial charge in [0.2, 0.25) is 0 Å². The Labute approximate surface area is 117 Å². The number of nitrogens with zero attached hydrogens (tertiary/aromatic N) is 1. The van der Waals surface area contributed by atoms with Crippen LogP contribution in [0.15, 0.2) is 24.3 Å². The van der Waals surface area contributed by atoms with Gasteiger partial charge in [-0.2, -0.15) is 0 Å². The van der Waals surface area contributed by atoms with Crippen LogP contribution in [0.2, 0.25) is 0 Å². The Balaban J connectivity index is 2.11. The Morgan fingerprint density at radius 1 is 1.21 bits per heavy atom. The molecule has 0 spiro atoms. The summed E-state index contributed by atoms with van der Waals surface area (Å²) in [4.78, 5) is 6.00. The second-order valence-corrected chi connectivity index (χ2v) is 5.58. The van der Waals surface area contributed by atoms with Gasteiger partial charge in [0.05, 0.1) is 10.7 Å². The van der Waals surface area contributed by atoms with Crippen molar-refractivity contribution in [2.75, 3.05) is 6.54 Å². The molecule has 2 rings (SSSR count). The molecular formula is C15H19FN2S. The highest BCUT2D eigenvalue weighted by Crippen LogP contribution is 2.22. The van der Waals surface area contributed by atoms with Gasteiger partial charge in [0, 0.05) is 17.8 Å². The first-order chi connectivity index (χ1) is 9.22. The van der Waals surface area contributed by atoms with E-state index in [1.54, 1.807) is 11.3 Å². The van der Waals surface area contributed by atoms with Crippen molar-refractivity contribution < 1.29 is 4.39 Å². The largest absolute Gasteiger partial charge is 0.312 e. The van der Waals surface area contributed by atoms with Crippen molar-refractivity contribution in [1.82, 2.24) is 10.3 Å². The summed E-state index contributed by atoms with van der Waals surface area (Å²) in [5, 5.41) is 4.45. The van der Waals surface area contributed by atoms with Crippen molar-refractivity contribution in [3.05, 3.63) is 51.2 Å². The lowest BCUT2D eigenvalue weighted by Crippen LogP contribution is -2.11. The van der Waals surface area contributed by atoms with Crippen LogP contribution in [-0.4, -0.2) is 11.5 Å². The first-order valence-electron chi connectivity index (χ1n) is 6.65. The SMILES string of the molecule is CCNCc1sc(Cc2ccc(F)cc2)nc1CC. The van der Waals surface area contributed by atoms with E-state index < -0.39 is 0 Å². The van der Waals surface area contributed by atoms with Crippen LogP contribution in [0, 0.1) is 5.82 Å². The topological polar surface area (TPSA) is 24.9 Å². The maximum absolute atomic E-state index is 12.9. The van der Waals surface area contributed by atoms with Gasteiger partial charge in [-0.3, -0.25) is 0 Å². The third kappa shape index (κ3) is 3.85. The molecule has 0 fully saturated rings. The number of hydrogen-bond donors (Lipinski definition) is 1. The van der Waals surface area contributed by atoms with Crippen LogP contribution in [0.5, 0.6) is 0 Å². The molecule has 19 heavy (non-hydrogen) atoms. The van der Waals surface area contributed by atoms with Crippen molar-refractivity contribution in [3.63, 3.8) is 0 Å². The van der Waals surface area contributed by atoms with E-state index in [2.05, 4.69) is 24.1 Å². The Morgan fingerprint density at radius 2 is 1.95 bits per heavy atom. The molecule has 0 amide bonds. The first-order valence-corrected chi connectivity index (χ1v) is 7.47. The molecule has 0 aliphatic carbocycles. The molecule has 0 saturated carbocycles. The van der Waals surface area contributed by atoms with E-state index in [4.69, 9.17) is 0 Å². The van der Waals surface area contributed by atoms with Crippen molar-refractivity contribution in [2.45, 2.75) is 33.2 Å². The van der Waals surface area contributed by atoms with E-state index in [1.165, 1.54) is 22.7 Å². The number of aromatic nitrogens is 1. The molecule has 0 aliphatic heterocycles. The number of aryl methyl sites for hydroxylation is 1. The molecule has 0 unspecified atom stereocenters. The van der Waals surface area contributed by atoms with Gasteiger partial charge in [-0.25, -0.2) is 9.37 Å². The predicted molar refractivity (Wildman–Crippen MR) is 78.1 cm³/mol. The lowest BCUT2D eigenvalue weighted by molar-refractivity contribution is 0.627. The Morgan fingerprint density at radius 3 is 2.58 bits per heavy atom. The van der Waals surface area contributed by atoms with Crippen molar-refractivity contribution in [2.24, 2.45) is 0 Å². The lowest BCUT2D eigenvalue weighted by Gasteiger charge is -1.99. The molecule has 4 heteroatoms. The summed E-state index contributed by atoms with van der Waals surface area (Å²) in [6.45, 7) is 6.09. The maximum atomic E-state index is 12.9. The highest BCUT2D eigenvalue weighted by Gasteiger charge is 2.09. The third-order valence-electron chi connectivity index (χ3n) is 2.96. The standard InChI is InChI=1S/C15H19FN2S/c1-3-13-14(10-17-4-2)19-15(18-13)9-11-5-7-12(16)8-6-11/h5-8,17H,3-4,9-10H2,1-2H3. The fraction of sp³-hybridized carbons (Fsp3) is 0.400. The number of benzene rings is 1. The fourth-order valence-corrected chi connectivity index (χ4v) is 3.10. The zero-order valence-corrected chi connectivity index (χ0v) is 12.2. The summed E-state index contributed by atoms with van der Waals surface area (Å²) >= 11 is 1.76. The highest BCUT2D eigenvalue weighted by atomic mass is 32.1. The molecule has 1 aromatic carbocycles. The first kappa shape index (κ1) is 14.2. The van der Waals surface area contributed by atoms with E-state index in [-0.39, 0.29) is 5.82 Å². The molecule has 102 valence electrons. The molecule has 1 heterocycles. The summed E-state index contributed by atoms with van der Waals surface area (Å²) < 4.78 is 12.9. The van der Waals surface area contributed by atoms with Crippen LogP contribution in [-0.2, 0) is 19.4 Å².